The number of ether oxygens (including phenoxy) is 1. The molecule has 0 saturated heterocycles. The lowest BCUT2D eigenvalue weighted by molar-refractivity contribution is -0.142. The lowest BCUT2D eigenvalue weighted by Crippen LogP contribution is -2.14. The average Bonchev–Trinajstić information content (AvgIpc) is 2.31. The molecule has 0 heterocycles. The van der Waals surface area contributed by atoms with Gasteiger partial charge >= 0.3 is 5.97 Å². The molecule has 88 valence electrons. The van der Waals surface area contributed by atoms with E-state index in [2.05, 4.69) is 22.9 Å². The number of carbonyl (C=O) groups is 1. The second-order valence-electron chi connectivity index (χ2n) is 3.77. The Kier molecular flexibility index (Phi) is 5.53. The molecule has 0 spiro atoms. The molecule has 0 aliphatic rings. The summed E-state index contributed by atoms with van der Waals surface area (Å²) in [6.07, 6.45) is 2.98. The van der Waals surface area contributed by atoms with Crippen molar-refractivity contribution < 1.29 is 9.53 Å². The molecule has 1 atom stereocenters. The Morgan fingerprint density at radius 3 is 2.50 bits per heavy atom. The first-order valence-corrected chi connectivity index (χ1v) is 6.31. The van der Waals surface area contributed by atoms with Crippen molar-refractivity contribution in [2.45, 2.75) is 32.1 Å². The second kappa shape index (κ2) is 6.69. The van der Waals surface area contributed by atoms with Crippen LogP contribution in [-0.4, -0.2) is 13.1 Å². The molecule has 1 rings (SSSR count). The minimum Gasteiger partial charge on any atom is -0.469 e. The Labute approximate surface area is 105 Å². The Bertz CT molecular complexity index is 332. The maximum absolute atomic E-state index is 11.7. The van der Waals surface area contributed by atoms with Gasteiger partial charge in [0.15, 0.2) is 0 Å². The number of carbonyl (C=O) groups excluding carboxylic acids is 1. The fourth-order valence-electron chi connectivity index (χ4n) is 1.67. The molecule has 2 nitrogen and oxygen atoms in total. The van der Waals surface area contributed by atoms with Crippen LogP contribution in [0.5, 0.6) is 0 Å². The molecule has 0 aliphatic carbocycles. The fraction of sp³-hybridized carbons (Fsp3) is 0.462. The zero-order valence-corrected chi connectivity index (χ0v) is 11.3. The summed E-state index contributed by atoms with van der Waals surface area (Å²) in [5.74, 6) is -0.270. The van der Waals surface area contributed by atoms with Crippen molar-refractivity contribution in [3.8, 4) is 0 Å². The van der Waals surface area contributed by atoms with Crippen LogP contribution in [0, 0.1) is 0 Å². The normalized spacial score (nSPS) is 12.2. The van der Waals surface area contributed by atoms with Gasteiger partial charge in [0.1, 0.15) is 0 Å². The van der Waals surface area contributed by atoms with Crippen molar-refractivity contribution in [1.29, 1.82) is 0 Å². The zero-order valence-electron chi connectivity index (χ0n) is 9.70. The van der Waals surface area contributed by atoms with Crippen LogP contribution in [0.25, 0.3) is 0 Å². The van der Waals surface area contributed by atoms with E-state index in [9.17, 15) is 4.79 Å². The van der Waals surface area contributed by atoms with Crippen LogP contribution in [0.4, 0.5) is 0 Å². The maximum atomic E-state index is 11.7. The van der Waals surface area contributed by atoms with Crippen molar-refractivity contribution in [2.24, 2.45) is 0 Å². The first-order valence-electron chi connectivity index (χ1n) is 5.52. The molecular formula is C13H17BrO2. The van der Waals surface area contributed by atoms with Crippen molar-refractivity contribution in [1.82, 2.24) is 0 Å². The standard InChI is InChI=1S/C13H17BrO2/c1-3-4-5-12(13(15)16-2)10-6-8-11(14)9-7-10/h6-9,12H,3-5H2,1-2H3. The molecule has 0 fully saturated rings. The summed E-state index contributed by atoms with van der Waals surface area (Å²) in [7, 11) is 1.44. The highest BCUT2D eigenvalue weighted by Gasteiger charge is 2.20. The van der Waals surface area contributed by atoms with Gasteiger partial charge in [-0.1, -0.05) is 47.8 Å². The summed E-state index contributed by atoms with van der Waals surface area (Å²) >= 11 is 3.39. The van der Waals surface area contributed by atoms with Crippen LogP contribution < -0.4 is 0 Å². The SMILES string of the molecule is CCCCC(C(=O)OC)c1ccc(Br)cc1. The van der Waals surface area contributed by atoms with Crippen LogP contribution >= 0.6 is 15.9 Å². The minimum atomic E-state index is -0.143. The molecule has 1 aromatic rings. The van der Waals surface area contributed by atoms with Gasteiger partial charge in [0.05, 0.1) is 13.0 Å². The third-order valence-electron chi connectivity index (χ3n) is 2.60. The smallest absolute Gasteiger partial charge is 0.313 e. The molecule has 16 heavy (non-hydrogen) atoms. The highest BCUT2D eigenvalue weighted by molar-refractivity contribution is 9.10. The summed E-state index contributed by atoms with van der Waals surface area (Å²) in [4.78, 5) is 11.7. The number of hydrogen-bond acceptors (Lipinski definition) is 2. The zero-order chi connectivity index (χ0) is 12.0. The quantitative estimate of drug-likeness (QED) is 0.767. The third kappa shape index (κ3) is 3.63. The average molecular weight is 285 g/mol. The molecule has 0 saturated carbocycles. The predicted octanol–water partition coefficient (Wildman–Crippen LogP) is 3.90. The first kappa shape index (κ1) is 13.2. The molecule has 0 N–H and O–H groups in total. The third-order valence-corrected chi connectivity index (χ3v) is 3.13. The van der Waals surface area contributed by atoms with Gasteiger partial charge in [0.2, 0.25) is 0 Å². The summed E-state index contributed by atoms with van der Waals surface area (Å²) in [5.41, 5.74) is 1.03. The van der Waals surface area contributed by atoms with E-state index in [-0.39, 0.29) is 11.9 Å². The van der Waals surface area contributed by atoms with E-state index >= 15 is 0 Å². The maximum Gasteiger partial charge on any atom is 0.313 e. The lowest BCUT2D eigenvalue weighted by Gasteiger charge is -2.14. The molecule has 0 bridgehead atoms. The van der Waals surface area contributed by atoms with Crippen LogP contribution in [0.1, 0.15) is 37.7 Å². The molecule has 1 aromatic carbocycles. The fourth-order valence-corrected chi connectivity index (χ4v) is 1.93. The van der Waals surface area contributed by atoms with Crippen LogP contribution in [0.2, 0.25) is 0 Å². The Balaban J connectivity index is 2.82. The number of rotatable bonds is 5. The topological polar surface area (TPSA) is 26.3 Å². The van der Waals surface area contributed by atoms with Gasteiger partial charge in [-0.3, -0.25) is 4.79 Å². The van der Waals surface area contributed by atoms with E-state index < -0.39 is 0 Å². The summed E-state index contributed by atoms with van der Waals surface area (Å²) in [6.45, 7) is 2.12. The number of esters is 1. The second-order valence-corrected chi connectivity index (χ2v) is 4.69. The molecule has 0 aliphatic heterocycles. The van der Waals surface area contributed by atoms with Gasteiger partial charge in [-0.25, -0.2) is 0 Å². The van der Waals surface area contributed by atoms with Crippen molar-refractivity contribution in [3.63, 3.8) is 0 Å². The molecule has 1 unspecified atom stereocenters. The van der Waals surface area contributed by atoms with Crippen molar-refractivity contribution >= 4 is 21.9 Å². The predicted molar refractivity (Wildman–Crippen MR) is 68.4 cm³/mol. The van der Waals surface area contributed by atoms with E-state index in [1.54, 1.807) is 0 Å². The van der Waals surface area contributed by atoms with Crippen molar-refractivity contribution in [3.05, 3.63) is 34.3 Å². The Morgan fingerprint density at radius 2 is 2.00 bits per heavy atom. The van der Waals surface area contributed by atoms with Gasteiger partial charge in [-0.15, -0.1) is 0 Å². The molecule has 3 heteroatoms. The number of hydrogen-bond donors (Lipinski definition) is 0. The Hall–Kier alpha value is -0.830. The molecule has 0 radical (unpaired) electrons. The van der Waals surface area contributed by atoms with Gasteiger partial charge in [0.25, 0.3) is 0 Å². The lowest BCUT2D eigenvalue weighted by atomic mass is 9.94. The van der Waals surface area contributed by atoms with Gasteiger partial charge < -0.3 is 4.74 Å². The minimum absolute atomic E-state index is 0.127. The summed E-state index contributed by atoms with van der Waals surface area (Å²) in [6, 6.07) is 7.86. The van der Waals surface area contributed by atoms with Gasteiger partial charge in [-0.05, 0) is 24.1 Å². The number of halogens is 1. The van der Waals surface area contributed by atoms with Crippen LogP contribution in [-0.2, 0) is 9.53 Å². The van der Waals surface area contributed by atoms with Gasteiger partial charge in [-0.2, -0.15) is 0 Å². The monoisotopic (exact) mass is 284 g/mol. The van der Waals surface area contributed by atoms with E-state index in [1.807, 2.05) is 24.3 Å². The van der Waals surface area contributed by atoms with E-state index in [0.29, 0.717) is 0 Å². The van der Waals surface area contributed by atoms with Crippen molar-refractivity contribution in [2.75, 3.05) is 7.11 Å². The largest absolute Gasteiger partial charge is 0.469 e. The highest BCUT2D eigenvalue weighted by atomic mass is 79.9. The number of methoxy groups -OCH3 is 1. The summed E-state index contributed by atoms with van der Waals surface area (Å²) < 4.78 is 5.87. The molecule has 0 amide bonds. The van der Waals surface area contributed by atoms with Crippen LogP contribution in [0.3, 0.4) is 0 Å². The Morgan fingerprint density at radius 1 is 1.38 bits per heavy atom. The molecular weight excluding hydrogens is 268 g/mol. The van der Waals surface area contributed by atoms with E-state index in [4.69, 9.17) is 4.74 Å². The van der Waals surface area contributed by atoms with Gasteiger partial charge in [0, 0.05) is 4.47 Å². The molecule has 0 aromatic heterocycles. The number of benzene rings is 1. The van der Waals surface area contributed by atoms with Crippen LogP contribution in [0.15, 0.2) is 28.7 Å². The highest BCUT2D eigenvalue weighted by Crippen LogP contribution is 2.25. The number of unbranched alkanes of at least 4 members (excludes halogenated alkanes) is 1. The summed E-state index contributed by atoms with van der Waals surface area (Å²) in [5, 5.41) is 0. The first-order chi connectivity index (χ1) is 7.69. The van der Waals surface area contributed by atoms with E-state index in [0.717, 1.165) is 29.3 Å². The van der Waals surface area contributed by atoms with E-state index in [1.165, 1.54) is 7.11 Å².